The van der Waals surface area contributed by atoms with Crippen molar-refractivity contribution in [3.05, 3.63) is 0 Å². The number of ether oxygens (including phenoxy) is 3. The van der Waals surface area contributed by atoms with Gasteiger partial charge in [0, 0.05) is 25.4 Å². The standard InChI is InChI=1S/C15H23NO7/c1-4-22-12(18)15(7-9-17,13(19)23-5-2)11-6-8-16(10-11)14(20)21-3/h9,11H,4-8,10H2,1-3H3. The predicted octanol–water partition coefficient (Wildman–Crippen LogP) is 0.776. The lowest BCUT2D eigenvalue weighted by molar-refractivity contribution is -0.177. The smallest absolute Gasteiger partial charge is 0.409 e. The Balaban J connectivity index is 3.16. The first-order valence-corrected chi connectivity index (χ1v) is 7.58. The van der Waals surface area contributed by atoms with E-state index in [2.05, 4.69) is 4.74 Å². The van der Waals surface area contributed by atoms with E-state index < -0.39 is 29.4 Å². The van der Waals surface area contributed by atoms with Crippen LogP contribution in [0.3, 0.4) is 0 Å². The molecule has 1 amide bonds. The summed E-state index contributed by atoms with van der Waals surface area (Å²) in [7, 11) is 1.25. The number of hydrogen-bond donors (Lipinski definition) is 0. The molecule has 8 nitrogen and oxygen atoms in total. The third-order valence-electron chi connectivity index (χ3n) is 4.00. The quantitative estimate of drug-likeness (QED) is 0.294. The summed E-state index contributed by atoms with van der Waals surface area (Å²) in [6.45, 7) is 3.84. The summed E-state index contributed by atoms with van der Waals surface area (Å²) >= 11 is 0. The largest absolute Gasteiger partial charge is 0.465 e. The minimum Gasteiger partial charge on any atom is -0.465 e. The van der Waals surface area contributed by atoms with Crippen molar-refractivity contribution in [2.45, 2.75) is 26.7 Å². The minimum absolute atomic E-state index is 0.0757. The number of esters is 2. The molecule has 130 valence electrons. The molecule has 0 saturated carbocycles. The first-order chi connectivity index (χ1) is 11.0. The van der Waals surface area contributed by atoms with Gasteiger partial charge in [-0.2, -0.15) is 0 Å². The molecule has 1 rings (SSSR count). The zero-order chi connectivity index (χ0) is 17.5. The first-order valence-electron chi connectivity index (χ1n) is 7.58. The van der Waals surface area contributed by atoms with Gasteiger partial charge in [-0.15, -0.1) is 0 Å². The lowest BCUT2D eigenvalue weighted by atomic mass is 9.72. The van der Waals surface area contributed by atoms with E-state index in [1.54, 1.807) is 13.8 Å². The van der Waals surface area contributed by atoms with Gasteiger partial charge in [-0.1, -0.05) is 0 Å². The molecule has 23 heavy (non-hydrogen) atoms. The van der Waals surface area contributed by atoms with Crippen molar-refractivity contribution in [2.75, 3.05) is 33.4 Å². The first kappa shape index (κ1) is 18.9. The van der Waals surface area contributed by atoms with E-state index in [0.29, 0.717) is 19.3 Å². The van der Waals surface area contributed by atoms with E-state index in [9.17, 15) is 19.2 Å². The number of nitrogens with zero attached hydrogens (tertiary/aromatic N) is 1. The topological polar surface area (TPSA) is 99.2 Å². The Labute approximate surface area is 135 Å². The number of aldehydes is 1. The van der Waals surface area contributed by atoms with Gasteiger partial charge >= 0.3 is 18.0 Å². The molecule has 1 saturated heterocycles. The van der Waals surface area contributed by atoms with Crippen molar-refractivity contribution in [3.63, 3.8) is 0 Å². The van der Waals surface area contributed by atoms with Crippen molar-refractivity contribution in [2.24, 2.45) is 11.3 Å². The fraction of sp³-hybridized carbons (Fsp3) is 0.733. The normalized spacial score (nSPS) is 17.5. The van der Waals surface area contributed by atoms with Gasteiger partial charge < -0.3 is 23.9 Å². The molecule has 1 unspecified atom stereocenters. The second-order valence-electron chi connectivity index (χ2n) is 5.18. The lowest BCUT2D eigenvalue weighted by Gasteiger charge is -2.32. The maximum Gasteiger partial charge on any atom is 0.409 e. The summed E-state index contributed by atoms with van der Waals surface area (Å²) in [4.78, 5) is 49.2. The average molecular weight is 329 g/mol. The van der Waals surface area contributed by atoms with Gasteiger partial charge in [0.15, 0.2) is 5.41 Å². The fourth-order valence-electron chi connectivity index (χ4n) is 2.86. The lowest BCUT2D eigenvalue weighted by Crippen LogP contribution is -2.49. The van der Waals surface area contributed by atoms with Crippen molar-refractivity contribution < 1.29 is 33.4 Å². The average Bonchev–Trinajstić information content (AvgIpc) is 3.02. The highest BCUT2D eigenvalue weighted by molar-refractivity contribution is 6.02. The number of rotatable bonds is 7. The molecule has 0 aromatic rings. The Hall–Kier alpha value is -2.12. The van der Waals surface area contributed by atoms with Crippen LogP contribution >= 0.6 is 0 Å². The Bertz CT molecular complexity index is 445. The fourth-order valence-corrected chi connectivity index (χ4v) is 2.86. The molecule has 1 aliphatic rings. The zero-order valence-electron chi connectivity index (χ0n) is 13.7. The molecule has 8 heteroatoms. The van der Waals surface area contributed by atoms with Gasteiger partial charge in [0.25, 0.3) is 0 Å². The number of likely N-dealkylation sites (tertiary alicyclic amines) is 1. The van der Waals surface area contributed by atoms with E-state index in [1.165, 1.54) is 12.0 Å². The number of carbonyl (C=O) groups excluding carboxylic acids is 4. The molecule has 0 radical (unpaired) electrons. The number of amides is 1. The van der Waals surface area contributed by atoms with E-state index in [0.717, 1.165) is 0 Å². The second kappa shape index (κ2) is 8.50. The van der Waals surface area contributed by atoms with Crippen molar-refractivity contribution in [1.29, 1.82) is 0 Å². The summed E-state index contributed by atoms with van der Waals surface area (Å²) in [6.07, 6.45) is -0.000235. The van der Waals surface area contributed by atoms with Gasteiger partial charge in [0.2, 0.25) is 0 Å². The maximum absolute atomic E-state index is 12.5. The molecule has 0 bridgehead atoms. The molecule has 0 spiro atoms. The van der Waals surface area contributed by atoms with Gasteiger partial charge in [-0.3, -0.25) is 9.59 Å². The van der Waals surface area contributed by atoms with E-state index in [1.807, 2.05) is 0 Å². The summed E-state index contributed by atoms with van der Waals surface area (Å²) in [5.74, 6) is -2.14. The Morgan fingerprint density at radius 1 is 1.17 bits per heavy atom. The Morgan fingerprint density at radius 3 is 2.17 bits per heavy atom. The number of carbonyl (C=O) groups is 4. The molecule has 0 aromatic heterocycles. The van der Waals surface area contributed by atoms with Crippen molar-refractivity contribution >= 4 is 24.3 Å². The molecule has 1 fully saturated rings. The minimum atomic E-state index is -1.73. The molecule has 1 heterocycles. The molecule has 0 aliphatic carbocycles. The zero-order valence-corrected chi connectivity index (χ0v) is 13.7. The summed E-state index contributed by atoms with van der Waals surface area (Å²) in [5.41, 5.74) is -1.73. The van der Waals surface area contributed by atoms with Crippen LogP contribution in [-0.4, -0.2) is 62.6 Å². The number of hydrogen-bond acceptors (Lipinski definition) is 7. The molecule has 0 N–H and O–H groups in total. The highest BCUT2D eigenvalue weighted by atomic mass is 16.6. The van der Waals surface area contributed by atoms with Crippen LogP contribution in [-0.2, 0) is 28.6 Å². The van der Waals surface area contributed by atoms with Gasteiger partial charge in [-0.05, 0) is 20.3 Å². The Kier molecular flexibility index (Phi) is 6.99. The summed E-state index contributed by atoms with van der Waals surface area (Å²) < 4.78 is 14.7. The van der Waals surface area contributed by atoms with Crippen LogP contribution in [0.4, 0.5) is 4.79 Å². The van der Waals surface area contributed by atoms with E-state index >= 15 is 0 Å². The monoisotopic (exact) mass is 329 g/mol. The number of methoxy groups -OCH3 is 1. The maximum atomic E-state index is 12.5. The van der Waals surface area contributed by atoms with Crippen LogP contribution in [0.15, 0.2) is 0 Å². The van der Waals surface area contributed by atoms with Gasteiger partial charge in [-0.25, -0.2) is 4.79 Å². The van der Waals surface area contributed by atoms with Crippen LogP contribution in [0.5, 0.6) is 0 Å². The van der Waals surface area contributed by atoms with Crippen LogP contribution in [0.1, 0.15) is 26.7 Å². The van der Waals surface area contributed by atoms with Crippen molar-refractivity contribution in [3.8, 4) is 0 Å². The second-order valence-corrected chi connectivity index (χ2v) is 5.18. The van der Waals surface area contributed by atoms with Crippen LogP contribution in [0.25, 0.3) is 0 Å². The van der Waals surface area contributed by atoms with E-state index in [-0.39, 0.29) is 26.2 Å². The Morgan fingerprint density at radius 2 is 1.74 bits per heavy atom. The molecular weight excluding hydrogens is 306 g/mol. The highest BCUT2D eigenvalue weighted by Crippen LogP contribution is 2.40. The SMILES string of the molecule is CCOC(=O)C(CC=O)(C(=O)OCC)C1CCN(C(=O)OC)C1. The molecule has 1 atom stereocenters. The summed E-state index contributed by atoms with van der Waals surface area (Å²) in [5, 5.41) is 0. The van der Waals surface area contributed by atoms with Crippen LogP contribution in [0, 0.1) is 11.3 Å². The molecule has 1 aliphatic heterocycles. The third-order valence-corrected chi connectivity index (χ3v) is 4.00. The summed E-state index contributed by atoms with van der Waals surface area (Å²) in [6, 6.07) is 0. The molecule has 0 aromatic carbocycles. The van der Waals surface area contributed by atoms with Gasteiger partial charge in [0.05, 0.1) is 20.3 Å². The van der Waals surface area contributed by atoms with Crippen LogP contribution < -0.4 is 0 Å². The third kappa shape index (κ3) is 3.80. The van der Waals surface area contributed by atoms with Gasteiger partial charge in [0.1, 0.15) is 6.29 Å². The van der Waals surface area contributed by atoms with Crippen LogP contribution in [0.2, 0.25) is 0 Å². The molecular formula is C15H23NO7. The van der Waals surface area contributed by atoms with Crippen molar-refractivity contribution in [1.82, 2.24) is 4.90 Å². The predicted molar refractivity (Wildman–Crippen MR) is 78.5 cm³/mol. The van der Waals surface area contributed by atoms with E-state index in [4.69, 9.17) is 9.47 Å². The highest BCUT2D eigenvalue weighted by Gasteiger charge is 2.56.